The molecule has 0 unspecified atom stereocenters. The second-order valence-corrected chi connectivity index (χ2v) is 6.18. The van der Waals surface area contributed by atoms with E-state index in [0.29, 0.717) is 18.3 Å². The molecule has 1 saturated heterocycles. The highest BCUT2D eigenvalue weighted by molar-refractivity contribution is 7.09. The van der Waals surface area contributed by atoms with Gasteiger partial charge >= 0.3 is 0 Å². The topological polar surface area (TPSA) is 71.8 Å². The number of amides is 1. The fourth-order valence-corrected chi connectivity index (χ4v) is 3.18. The van der Waals surface area contributed by atoms with Gasteiger partial charge < -0.3 is 10.6 Å². The second kappa shape index (κ2) is 6.82. The number of nitrogens with zero attached hydrogens (tertiary/aromatic N) is 3. The molecular weight excluding hydrogens is 286 g/mol. The van der Waals surface area contributed by atoms with Gasteiger partial charge in [-0.05, 0) is 43.8 Å². The van der Waals surface area contributed by atoms with Crippen molar-refractivity contribution in [3.63, 3.8) is 0 Å². The quantitative estimate of drug-likeness (QED) is 0.872. The average Bonchev–Trinajstić information content (AvgIpc) is 3.20. The van der Waals surface area contributed by atoms with E-state index in [9.17, 15) is 4.79 Å². The first-order valence-corrected chi connectivity index (χ1v) is 8.14. The lowest BCUT2D eigenvalue weighted by Crippen LogP contribution is -2.29. The maximum absolute atomic E-state index is 12.0. The summed E-state index contributed by atoms with van der Waals surface area (Å²) in [6.07, 6.45) is 4.67. The van der Waals surface area contributed by atoms with Gasteiger partial charge in [-0.3, -0.25) is 4.79 Å². The molecule has 0 spiro atoms. The first kappa shape index (κ1) is 14.2. The zero-order chi connectivity index (χ0) is 14.5. The molecule has 112 valence electrons. The monoisotopic (exact) mass is 305 g/mol. The van der Waals surface area contributed by atoms with Crippen molar-refractivity contribution in [2.24, 2.45) is 0 Å². The Morgan fingerprint density at radius 3 is 3.10 bits per heavy atom. The highest BCUT2D eigenvalue weighted by atomic mass is 32.1. The minimum Gasteiger partial charge on any atom is -0.350 e. The first-order valence-electron chi connectivity index (χ1n) is 7.26. The minimum atomic E-state index is -0.147. The van der Waals surface area contributed by atoms with Crippen LogP contribution in [-0.2, 0) is 6.42 Å². The van der Waals surface area contributed by atoms with Gasteiger partial charge in [-0.25, -0.2) is 4.68 Å². The predicted octanol–water partition coefficient (Wildman–Crippen LogP) is 1.24. The molecule has 0 aliphatic carbocycles. The van der Waals surface area contributed by atoms with Crippen LogP contribution < -0.4 is 10.6 Å². The number of rotatable bonds is 5. The fourth-order valence-electron chi connectivity index (χ4n) is 2.48. The Morgan fingerprint density at radius 2 is 2.33 bits per heavy atom. The third-order valence-corrected chi connectivity index (χ3v) is 4.60. The number of thiophene rings is 1. The summed E-state index contributed by atoms with van der Waals surface area (Å²) in [5, 5.41) is 16.3. The van der Waals surface area contributed by atoms with Crippen molar-refractivity contribution in [1.82, 2.24) is 25.6 Å². The number of carbonyl (C=O) groups is 1. The molecule has 2 N–H and O–H groups in total. The molecule has 2 aromatic rings. The summed E-state index contributed by atoms with van der Waals surface area (Å²) in [6, 6.07) is 4.45. The summed E-state index contributed by atoms with van der Waals surface area (Å²) < 4.78 is 1.83. The summed E-state index contributed by atoms with van der Waals surface area (Å²) in [7, 11) is 0. The van der Waals surface area contributed by atoms with E-state index in [-0.39, 0.29) is 5.91 Å². The minimum absolute atomic E-state index is 0.147. The smallest absolute Gasteiger partial charge is 0.273 e. The lowest BCUT2D eigenvalue weighted by Gasteiger charge is -2.22. The Bertz CT molecular complexity index is 574. The Balaban J connectivity index is 1.51. The average molecular weight is 305 g/mol. The van der Waals surface area contributed by atoms with E-state index in [0.717, 1.165) is 32.4 Å². The molecule has 1 aliphatic heterocycles. The largest absolute Gasteiger partial charge is 0.350 e. The molecule has 6 nitrogen and oxygen atoms in total. The van der Waals surface area contributed by atoms with Crippen molar-refractivity contribution < 1.29 is 4.79 Å². The van der Waals surface area contributed by atoms with Crippen LogP contribution in [-0.4, -0.2) is 40.5 Å². The number of piperidine rings is 1. The Kier molecular flexibility index (Phi) is 4.62. The van der Waals surface area contributed by atoms with Gasteiger partial charge in [0.05, 0.1) is 12.2 Å². The number of hydrogen-bond donors (Lipinski definition) is 2. The van der Waals surface area contributed by atoms with E-state index in [1.165, 1.54) is 4.88 Å². The van der Waals surface area contributed by atoms with Crippen molar-refractivity contribution in [3.8, 4) is 0 Å². The molecule has 0 bridgehead atoms. The summed E-state index contributed by atoms with van der Waals surface area (Å²) in [4.78, 5) is 13.3. The van der Waals surface area contributed by atoms with Gasteiger partial charge in [0, 0.05) is 11.4 Å². The van der Waals surface area contributed by atoms with Crippen molar-refractivity contribution in [3.05, 3.63) is 34.3 Å². The van der Waals surface area contributed by atoms with Crippen molar-refractivity contribution >= 4 is 17.2 Å². The number of aromatic nitrogens is 3. The van der Waals surface area contributed by atoms with E-state index < -0.39 is 0 Å². The summed E-state index contributed by atoms with van der Waals surface area (Å²) in [5.74, 6) is -0.147. The van der Waals surface area contributed by atoms with E-state index in [1.54, 1.807) is 17.5 Å². The fraction of sp³-hybridized carbons (Fsp3) is 0.500. The van der Waals surface area contributed by atoms with E-state index >= 15 is 0 Å². The van der Waals surface area contributed by atoms with E-state index in [4.69, 9.17) is 0 Å². The molecule has 2 aromatic heterocycles. The number of hydrogen-bond acceptors (Lipinski definition) is 5. The van der Waals surface area contributed by atoms with Gasteiger partial charge in [0.1, 0.15) is 0 Å². The third-order valence-electron chi connectivity index (χ3n) is 3.66. The summed E-state index contributed by atoms with van der Waals surface area (Å²) in [6.45, 7) is 2.61. The van der Waals surface area contributed by atoms with Gasteiger partial charge in [0.2, 0.25) is 0 Å². The molecule has 21 heavy (non-hydrogen) atoms. The standard InChI is InChI=1S/C14H19N5OS/c20-14(16-8-5-12-2-1-9-21-12)13-10-19(18-17-13)11-3-6-15-7-4-11/h1-2,9-11,15H,3-8H2,(H,16,20). The zero-order valence-electron chi connectivity index (χ0n) is 11.8. The Morgan fingerprint density at radius 1 is 1.48 bits per heavy atom. The van der Waals surface area contributed by atoms with Crippen LogP contribution in [0.2, 0.25) is 0 Å². The van der Waals surface area contributed by atoms with Gasteiger partial charge in [-0.15, -0.1) is 16.4 Å². The normalized spacial score (nSPS) is 16.0. The molecule has 3 rings (SSSR count). The molecule has 7 heteroatoms. The van der Waals surface area contributed by atoms with Crippen LogP contribution in [0.3, 0.4) is 0 Å². The van der Waals surface area contributed by atoms with Crippen molar-refractivity contribution in [1.29, 1.82) is 0 Å². The predicted molar refractivity (Wildman–Crippen MR) is 81.5 cm³/mol. The van der Waals surface area contributed by atoms with Crippen LogP contribution in [0.4, 0.5) is 0 Å². The Labute approximate surface area is 127 Å². The molecule has 1 aliphatic rings. The van der Waals surface area contributed by atoms with Crippen LogP contribution in [0.5, 0.6) is 0 Å². The first-order chi connectivity index (χ1) is 10.3. The van der Waals surface area contributed by atoms with Gasteiger partial charge in [0.15, 0.2) is 5.69 Å². The van der Waals surface area contributed by atoms with Gasteiger partial charge in [0.25, 0.3) is 5.91 Å². The lowest BCUT2D eigenvalue weighted by atomic mass is 10.1. The summed E-state index contributed by atoms with van der Waals surface area (Å²) >= 11 is 1.70. The molecule has 0 saturated carbocycles. The van der Waals surface area contributed by atoms with E-state index in [1.807, 2.05) is 16.1 Å². The summed E-state index contributed by atoms with van der Waals surface area (Å²) in [5.41, 5.74) is 0.403. The maximum Gasteiger partial charge on any atom is 0.273 e. The van der Waals surface area contributed by atoms with Crippen LogP contribution in [0.1, 0.15) is 34.2 Å². The molecule has 0 aromatic carbocycles. The number of carbonyl (C=O) groups excluding carboxylic acids is 1. The highest BCUT2D eigenvalue weighted by Crippen LogP contribution is 2.17. The molecule has 1 fully saturated rings. The molecule has 0 atom stereocenters. The SMILES string of the molecule is O=C(NCCc1cccs1)c1cn(C2CCNCC2)nn1. The maximum atomic E-state index is 12.0. The van der Waals surface area contributed by atoms with Crippen LogP contribution in [0.25, 0.3) is 0 Å². The van der Waals surface area contributed by atoms with Crippen LogP contribution in [0, 0.1) is 0 Å². The van der Waals surface area contributed by atoms with Crippen LogP contribution >= 0.6 is 11.3 Å². The molecule has 3 heterocycles. The molecular formula is C14H19N5OS. The third kappa shape index (κ3) is 3.68. The lowest BCUT2D eigenvalue weighted by molar-refractivity contribution is 0.0949. The van der Waals surface area contributed by atoms with Gasteiger partial charge in [-0.2, -0.15) is 0 Å². The van der Waals surface area contributed by atoms with Crippen molar-refractivity contribution in [2.45, 2.75) is 25.3 Å². The zero-order valence-corrected chi connectivity index (χ0v) is 12.6. The highest BCUT2D eigenvalue weighted by Gasteiger charge is 2.18. The molecule has 0 radical (unpaired) electrons. The number of nitrogens with one attached hydrogen (secondary N) is 2. The van der Waals surface area contributed by atoms with Crippen LogP contribution in [0.15, 0.2) is 23.7 Å². The van der Waals surface area contributed by atoms with E-state index in [2.05, 4.69) is 27.0 Å². The molecule has 1 amide bonds. The van der Waals surface area contributed by atoms with Crippen molar-refractivity contribution in [2.75, 3.05) is 19.6 Å². The Hall–Kier alpha value is -1.73. The second-order valence-electron chi connectivity index (χ2n) is 5.15. The van der Waals surface area contributed by atoms with Gasteiger partial charge in [-0.1, -0.05) is 11.3 Å².